The molecule has 1 aromatic rings. The molecule has 2 heteroatoms. The highest BCUT2D eigenvalue weighted by atomic mass is 35.5. The third-order valence-electron chi connectivity index (χ3n) is 1.90. The van der Waals surface area contributed by atoms with Crippen LogP contribution in [-0.4, -0.2) is 6.61 Å². The van der Waals surface area contributed by atoms with Crippen LogP contribution in [0.1, 0.15) is 12.0 Å². The standard InChI is InChI=1S/C9H9ClO/c10-8-4-1-5-9-7(8)3-2-6-11-9/h1,4-5H,2-3,6H2. The Morgan fingerprint density at radius 1 is 1.36 bits per heavy atom. The maximum Gasteiger partial charge on any atom is 0.123 e. The molecule has 0 fully saturated rings. The molecular weight excluding hydrogens is 160 g/mol. The summed E-state index contributed by atoms with van der Waals surface area (Å²) in [5, 5.41) is 0.835. The molecule has 1 aromatic carbocycles. The first kappa shape index (κ1) is 6.99. The number of fused-ring (bicyclic) bond motifs is 1. The molecule has 0 N–H and O–H groups in total. The maximum atomic E-state index is 5.96. The van der Waals surface area contributed by atoms with E-state index in [1.807, 2.05) is 18.2 Å². The van der Waals surface area contributed by atoms with Crippen LogP contribution in [0.15, 0.2) is 18.2 Å². The molecule has 0 saturated carbocycles. The summed E-state index contributed by atoms with van der Waals surface area (Å²) in [6, 6.07) is 5.81. The molecule has 0 saturated heterocycles. The van der Waals surface area contributed by atoms with Gasteiger partial charge in [-0.05, 0) is 25.0 Å². The van der Waals surface area contributed by atoms with E-state index in [0.717, 1.165) is 30.2 Å². The summed E-state index contributed by atoms with van der Waals surface area (Å²) in [7, 11) is 0. The lowest BCUT2D eigenvalue weighted by molar-refractivity contribution is 0.288. The van der Waals surface area contributed by atoms with E-state index in [1.165, 1.54) is 5.56 Å². The maximum absolute atomic E-state index is 5.96. The minimum atomic E-state index is 0.827. The van der Waals surface area contributed by atoms with E-state index < -0.39 is 0 Å². The first-order valence-corrected chi connectivity index (χ1v) is 4.16. The van der Waals surface area contributed by atoms with E-state index in [-0.39, 0.29) is 0 Å². The summed E-state index contributed by atoms with van der Waals surface area (Å²) < 4.78 is 5.42. The van der Waals surface area contributed by atoms with Gasteiger partial charge in [-0.25, -0.2) is 0 Å². The Labute approximate surface area is 70.9 Å². The quantitative estimate of drug-likeness (QED) is 0.579. The Hall–Kier alpha value is -0.690. The molecule has 0 radical (unpaired) electrons. The second-order valence-electron chi connectivity index (χ2n) is 2.67. The van der Waals surface area contributed by atoms with Crippen molar-refractivity contribution in [1.82, 2.24) is 0 Å². The van der Waals surface area contributed by atoms with Gasteiger partial charge in [-0.1, -0.05) is 17.7 Å². The molecule has 0 aromatic heterocycles. The fourth-order valence-corrected chi connectivity index (χ4v) is 1.61. The van der Waals surface area contributed by atoms with Gasteiger partial charge in [0.1, 0.15) is 5.75 Å². The van der Waals surface area contributed by atoms with Crippen molar-refractivity contribution in [1.29, 1.82) is 0 Å². The second kappa shape index (κ2) is 2.74. The summed E-state index contributed by atoms with van der Waals surface area (Å²) in [5.41, 5.74) is 1.17. The van der Waals surface area contributed by atoms with Crippen LogP contribution < -0.4 is 4.74 Å². The molecular formula is C9H9ClO. The SMILES string of the molecule is Clc1cccc2c1CCCO2. The van der Waals surface area contributed by atoms with Crippen LogP contribution in [0.5, 0.6) is 5.75 Å². The highest BCUT2D eigenvalue weighted by molar-refractivity contribution is 6.31. The Morgan fingerprint density at radius 3 is 3.09 bits per heavy atom. The third-order valence-corrected chi connectivity index (χ3v) is 2.26. The van der Waals surface area contributed by atoms with Gasteiger partial charge in [0.25, 0.3) is 0 Å². The Morgan fingerprint density at radius 2 is 2.27 bits per heavy atom. The minimum Gasteiger partial charge on any atom is -0.493 e. The van der Waals surface area contributed by atoms with E-state index in [0.29, 0.717) is 0 Å². The van der Waals surface area contributed by atoms with E-state index in [2.05, 4.69) is 0 Å². The van der Waals surface area contributed by atoms with Crippen LogP contribution in [0.2, 0.25) is 5.02 Å². The van der Waals surface area contributed by atoms with Crippen LogP contribution in [0.4, 0.5) is 0 Å². The monoisotopic (exact) mass is 168 g/mol. The van der Waals surface area contributed by atoms with Gasteiger partial charge < -0.3 is 4.74 Å². The molecule has 0 atom stereocenters. The first-order valence-electron chi connectivity index (χ1n) is 3.78. The van der Waals surface area contributed by atoms with Gasteiger partial charge in [0, 0.05) is 10.6 Å². The van der Waals surface area contributed by atoms with Gasteiger partial charge in [-0.2, -0.15) is 0 Å². The Bertz CT molecular complexity index is 270. The lowest BCUT2D eigenvalue weighted by Crippen LogP contribution is -2.08. The van der Waals surface area contributed by atoms with E-state index >= 15 is 0 Å². The minimum absolute atomic E-state index is 0.827. The van der Waals surface area contributed by atoms with Crippen LogP contribution in [0.3, 0.4) is 0 Å². The van der Waals surface area contributed by atoms with Gasteiger partial charge >= 0.3 is 0 Å². The summed E-state index contributed by atoms with van der Waals surface area (Å²) in [5.74, 6) is 0.962. The predicted molar refractivity (Wildman–Crippen MR) is 45.3 cm³/mol. The highest BCUT2D eigenvalue weighted by Gasteiger charge is 2.11. The highest BCUT2D eigenvalue weighted by Crippen LogP contribution is 2.30. The number of ether oxygens (including phenoxy) is 1. The molecule has 0 amide bonds. The summed E-state index contributed by atoms with van der Waals surface area (Å²) in [6.07, 6.45) is 2.13. The van der Waals surface area contributed by atoms with E-state index in [1.54, 1.807) is 0 Å². The molecule has 0 spiro atoms. The number of hydrogen-bond acceptors (Lipinski definition) is 1. The predicted octanol–water partition coefficient (Wildman–Crippen LogP) is 2.67. The zero-order valence-electron chi connectivity index (χ0n) is 6.14. The van der Waals surface area contributed by atoms with Crippen LogP contribution >= 0.6 is 11.6 Å². The fraction of sp³-hybridized carbons (Fsp3) is 0.333. The van der Waals surface area contributed by atoms with Crippen molar-refractivity contribution in [3.8, 4) is 5.75 Å². The second-order valence-corrected chi connectivity index (χ2v) is 3.08. The van der Waals surface area contributed by atoms with Crippen molar-refractivity contribution in [3.63, 3.8) is 0 Å². The topological polar surface area (TPSA) is 9.23 Å². The molecule has 0 bridgehead atoms. The van der Waals surface area contributed by atoms with Gasteiger partial charge in [-0.3, -0.25) is 0 Å². The van der Waals surface area contributed by atoms with Crippen molar-refractivity contribution in [2.75, 3.05) is 6.61 Å². The first-order chi connectivity index (χ1) is 5.38. The van der Waals surface area contributed by atoms with Crippen molar-refractivity contribution < 1.29 is 4.74 Å². The summed E-state index contributed by atoms with van der Waals surface area (Å²) in [4.78, 5) is 0. The number of hydrogen-bond donors (Lipinski definition) is 0. The van der Waals surface area contributed by atoms with Crippen LogP contribution in [0.25, 0.3) is 0 Å². The van der Waals surface area contributed by atoms with Gasteiger partial charge in [-0.15, -0.1) is 0 Å². The van der Waals surface area contributed by atoms with Crippen molar-refractivity contribution in [2.45, 2.75) is 12.8 Å². The van der Waals surface area contributed by atoms with Gasteiger partial charge in [0.2, 0.25) is 0 Å². The molecule has 1 heterocycles. The Kier molecular flexibility index (Phi) is 1.74. The van der Waals surface area contributed by atoms with Crippen LogP contribution in [-0.2, 0) is 6.42 Å². The lowest BCUT2D eigenvalue weighted by Gasteiger charge is -2.17. The number of rotatable bonds is 0. The molecule has 0 aliphatic carbocycles. The van der Waals surface area contributed by atoms with Gasteiger partial charge in [0.15, 0.2) is 0 Å². The zero-order chi connectivity index (χ0) is 7.68. The van der Waals surface area contributed by atoms with Crippen molar-refractivity contribution >= 4 is 11.6 Å². The van der Waals surface area contributed by atoms with Crippen molar-refractivity contribution in [2.24, 2.45) is 0 Å². The average molecular weight is 169 g/mol. The van der Waals surface area contributed by atoms with E-state index in [4.69, 9.17) is 16.3 Å². The smallest absolute Gasteiger partial charge is 0.123 e. The van der Waals surface area contributed by atoms with Crippen LogP contribution in [0, 0.1) is 0 Å². The molecule has 1 nitrogen and oxygen atoms in total. The van der Waals surface area contributed by atoms with E-state index in [9.17, 15) is 0 Å². The molecule has 2 rings (SSSR count). The third kappa shape index (κ3) is 1.21. The lowest BCUT2D eigenvalue weighted by atomic mass is 10.1. The van der Waals surface area contributed by atoms with Gasteiger partial charge in [0.05, 0.1) is 6.61 Å². The zero-order valence-corrected chi connectivity index (χ0v) is 6.90. The molecule has 11 heavy (non-hydrogen) atoms. The molecule has 58 valence electrons. The summed E-state index contributed by atoms with van der Waals surface area (Å²) >= 11 is 5.96. The fourth-order valence-electron chi connectivity index (χ4n) is 1.35. The molecule has 1 aliphatic rings. The summed E-state index contributed by atoms with van der Waals surface area (Å²) in [6.45, 7) is 0.827. The Balaban J connectivity index is 2.49. The number of benzene rings is 1. The largest absolute Gasteiger partial charge is 0.493 e. The molecule has 1 aliphatic heterocycles. The normalized spacial score (nSPS) is 15.4. The number of halogens is 1. The molecule has 0 unspecified atom stereocenters. The average Bonchev–Trinajstić information content (AvgIpc) is 2.06. The van der Waals surface area contributed by atoms with Crippen molar-refractivity contribution in [3.05, 3.63) is 28.8 Å².